The molecule has 0 amide bonds. The van der Waals surface area contributed by atoms with E-state index in [9.17, 15) is 0 Å². The van der Waals surface area contributed by atoms with Gasteiger partial charge in [0.15, 0.2) is 0 Å². The van der Waals surface area contributed by atoms with E-state index in [1.54, 1.807) is 6.07 Å². The number of nitrogens with two attached hydrogens (primary N) is 1. The average molecular weight is 305 g/mol. The second-order valence-electron chi connectivity index (χ2n) is 1.77. The molecule has 1 aromatic rings. The first-order valence-corrected chi connectivity index (χ1v) is 4.11. The van der Waals surface area contributed by atoms with Crippen molar-refractivity contribution in [2.45, 2.75) is 0 Å². The van der Waals surface area contributed by atoms with Crippen molar-refractivity contribution in [3.63, 3.8) is 0 Å². The van der Waals surface area contributed by atoms with Crippen molar-refractivity contribution in [2.75, 3.05) is 5.43 Å². The highest BCUT2D eigenvalue weighted by Crippen LogP contribution is 2.21. The summed E-state index contributed by atoms with van der Waals surface area (Å²) in [5.74, 6) is 5.16. The van der Waals surface area contributed by atoms with E-state index in [0.29, 0.717) is 0 Å². The van der Waals surface area contributed by atoms with Crippen molar-refractivity contribution >= 4 is 52.3 Å². The zero-order valence-electron chi connectivity index (χ0n) is 5.47. The van der Waals surface area contributed by atoms with E-state index in [2.05, 4.69) is 28.0 Å². The monoisotopic (exact) mass is 304 g/mol. The van der Waals surface area contributed by atoms with E-state index in [1.807, 2.05) is 12.1 Å². The SMILES string of the molecule is Cl.NNc1ccc(I)c(Cl)c1. The first-order valence-electron chi connectivity index (χ1n) is 2.65. The number of hydrogen-bond acceptors (Lipinski definition) is 2. The maximum atomic E-state index is 5.79. The fraction of sp³-hybridized carbons (Fsp3) is 0. The molecule has 5 heteroatoms. The topological polar surface area (TPSA) is 38.0 Å². The molecule has 0 radical (unpaired) electrons. The van der Waals surface area contributed by atoms with Crippen LogP contribution in [0.25, 0.3) is 0 Å². The van der Waals surface area contributed by atoms with Crippen LogP contribution >= 0.6 is 46.6 Å². The van der Waals surface area contributed by atoms with Crippen molar-refractivity contribution in [3.05, 3.63) is 26.8 Å². The third-order valence-corrected chi connectivity index (χ3v) is 2.66. The first-order chi connectivity index (χ1) is 4.74. The molecule has 0 saturated carbocycles. The third kappa shape index (κ3) is 3.02. The minimum atomic E-state index is 0. The van der Waals surface area contributed by atoms with E-state index >= 15 is 0 Å². The van der Waals surface area contributed by atoms with Crippen LogP contribution in [0.4, 0.5) is 5.69 Å². The summed E-state index contributed by atoms with van der Waals surface area (Å²) in [6, 6.07) is 5.55. The van der Waals surface area contributed by atoms with Gasteiger partial charge in [0.25, 0.3) is 0 Å². The second kappa shape index (κ2) is 5.03. The molecule has 1 rings (SSSR count). The Morgan fingerprint density at radius 2 is 2.09 bits per heavy atom. The summed E-state index contributed by atoms with van der Waals surface area (Å²) in [6.07, 6.45) is 0. The summed E-state index contributed by atoms with van der Waals surface area (Å²) in [7, 11) is 0. The first kappa shape index (κ1) is 11.3. The van der Waals surface area contributed by atoms with E-state index in [1.165, 1.54) is 0 Å². The number of rotatable bonds is 1. The number of nitrogen functional groups attached to an aromatic ring is 1. The van der Waals surface area contributed by atoms with Gasteiger partial charge in [-0.25, -0.2) is 0 Å². The van der Waals surface area contributed by atoms with E-state index in [0.717, 1.165) is 14.3 Å². The zero-order valence-corrected chi connectivity index (χ0v) is 9.20. The number of anilines is 1. The molecule has 0 aromatic heterocycles. The molecule has 0 heterocycles. The van der Waals surface area contributed by atoms with Crippen molar-refractivity contribution in [1.82, 2.24) is 0 Å². The van der Waals surface area contributed by atoms with Crippen LogP contribution in [-0.2, 0) is 0 Å². The summed E-state index contributed by atoms with van der Waals surface area (Å²) in [5, 5.41) is 0.719. The quantitative estimate of drug-likeness (QED) is 0.475. The van der Waals surface area contributed by atoms with Crippen LogP contribution in [0.2, 0.25) is 5.02 Å². The van der Waals surface area contributed by atoms with Gasteiger partial charge in [-0.1, -0.05) is 11.6 Å². The van der Waals surface area contributed by atoms with Crippen molar-refractivity contribution in [1.29, 1.82) is 0 Å². The molecule has 0 fully saturated rings. The predicted molar refractivity (Wildman–Crippen MR) is 59.2 cm³/mol. The lowest BCUT2D eigenvalue weighted by atomic mass is 10.3. The van der Waals surface area contributed by atoms with Crippen LogP contribution in [0.1, 0.15) is 0 Å². The van der Waals surface area contributed by atoms with E-state index < -0.39 is 0 Å². The Morgan fingerprint density at radius 1 is 1.45 bits per heavy atom. The van der Waals surface area contributed by atoms with Crippen molar-refractivity contribution in [3.8, 4) is 0 Å². The fourth-order valence-corrected chi connectivity index (χ4v) is 1.10. The van der Waals surface area contributed by atoms with Crippen LogP contribution in [0.15, 0.2) is 18.2 Å². The molecule has 0 unspecified atom stereocenters. The molecule has 3 N–H and O–H groups in total. The minimum absolute atomic E-state index is 0. The molecule has 0 aliphatic rings. The van der Waals surface area contributed by atoms with Crippen LogP contribution in [0.5, 0.6) is 0 Å². The molecule has 11 heavy (non-hydrogen) atoms. The lowest BCUT2D eigenvalue weighted by Crippen LogP contribution is -2.06. The standard InChI is InChI=1S/C6H6ClIN2.ClH/c7-5-3-4(10-9)1-2-6(5)8;/h1-3,10H,9H2;1H. The van der Waals surface area contributed by atoms with Gasteiger partial charge in [-0.2, -0.15) is 0 Å². The Kier molecular flexibility index (Phi) is 5.16. The number of hydrazine groups is 1. The number of halogens is 3. The Hall–Kier alpha value is 0.290. The maximum Gasteiger partial charge on any atom is 0.0560 e. The average Bonchev–Trinajstić information content (AvgIpc) is 1.95. The largest absolute Gasteiger partial charge is 0.324 e. The van der Waals surface area contributed by atoms with Gasteiger partial charge in [-0.05, 0) is 40.8 Å². The molecule has 2 nitrogen and oxygen atoms in total. The van der Waals surface area contributed by atoms with Gasteiger partial charge in [0, 0.05) is 3.57 Å². The van der Waals surface area contributed by atoms with Crippen LogP contribution in [-0.4, -0.2) is 0 Å². The van der Waals surface area contributed by atoms with Gasteiger partial charge in [0.05, 0.1) is 10.7 Å². The molecular formula is C6H7Cl2IN2. The van der Waals surface area contributed by atoms with Crippen molar-refractivity contribution < 1.29 is 0 Å². The normalized spacial score (nSPS) is 8.64. The zero-order chi connectivity index (χ0) is 7.56. The summed E-state index contributed by atoms with van der Waals surface area (Å²) in [6.45, 7) is 0. The molecule has 0 spiro atoms. The lowest BCUT2D eigenvalue weighted by Gasteiger charge is -2.00. The van der Waals surface area contributed by atoms with Gasteiger partial charge < -0.3 is 5.43 Å². The van der Waals surface area contributed by atoms with Gasteiger partial charge >= 0.3 is 0 Å². The summed E-state index contributed by atoms with van der Waals surface area (Å²) >= 11 is 7.95. The lowest BCUT2D eigenvalue weighted by molar-refractivity contribution is 1.35. The smallest absolute Gasteiger partial charge is 0.0560 e. The van der Waals surface area contributed by atoms with Gasteiger partial charge in [-0.3, -0.25) is 5.84 Å². The number of nitrogens with one attached hydrogen (secondary N) is 1. The second-order valence-corrected chi connectivity index (χ2v) is 3.34. The highest BCUT2D eigenvalue weighted by Gasteiger charge is 1.95. The molecule has 0 bridgehead atoms. The Balaban J connectivity index is 0.000001000. The van der Waals surface area contributed by atoms with Crippen LogP contribution in [0.3, 0.4) is 0 Å². The Bertz CT molecular complexity index is 242. The van der Waals surface area contributed by atoms with Crippen LogP contribution in [0, 0.1) is 3.57 Å². The summed E-state index contributed by atoms with van der Waals surface area (Å²) in [4.78, 5) is 0. The summed E-state index contributed by atoms with van der Waals surface area (Å²) < 4.78 is 1.03. The molecule has 1 aromatic carbocycles. The van der Waals surface area contributed by atoms with Gasteiger partial charge in [0.1, 0.15) is 0 Å². The predicted octanol–water partition coefficient (Wildman–Crippen LogP) is 2.65. The van der Waals surface area contributed by atoms with Crippen molar-refractivity contribution in [2.24, 2.45) is 5.84 Å². The van der Waals surface area contributed by atoms with Gasteiger partial charge in [-0.15, -0.1) is 12.4 Å². The maximum absolute atomic E-state index is 5.79. The molecule has 0 saturated heterocycles. The van der Waals surface area contributed by atoms with Gasteiger partial charge in [0.2, 0.25) is 0 Å². The minimum Gasteiger partial charge on any atom is -0.324 e. The Morgan fingerprint density at radius 3 is 2.55 bits per heavy atom. The summed E-state index contributed by atoms with van der Waals surface area (Å²) in [5.41, 5.74) is 3.33. The molecule has 62 valence electrons. The number of hydrogen-bond donors (Lipinski definition) is 2. The van der Waals surface area contributed by atoms with Crippen LogP contribution < -0.4 is 11.3 Å². The van der Waals surface area contributed by atoms with E-state index in [-0.39, 0.29) is 12.4 Å². The molecule has 0 aliphatic carbocycles. The number of benzene rings is 1. The molecule has 0 aliphatic heterocycles. The fourth-order valence-electron chi connectivity index (χ4n) is 0.586. The molecular weight excluding hydrogens is 298 g/mol. The Labute approximate surface area is 90.0 Å². The highest BCUT2D eigenvalue weighted by atomic mass is 127. The van der Waals surface area contributed by atoms with E-state index in [4.69, 9.17) is 17.4 Å². The third-order valence-electron chi connectivity index (χ3n) is 1.09. The molecule has 0 atom stereocenters. The highest BCUT2D eigenvalue weighted by molar-refractivity contribution is 14.1.